The molecule has 126 valence electrons. The fourth-order valence-corrected chi connectivity index (χ4v) is 2.61. The summed E-state index contributed by atoms with van der Waals surface area (Å²) in [6.07, 6.45) is -4.73. The maximum atomic E-state index is 12.2. The summed E-state index contributed by atoms with van der Waals surface area (Å²) < 4.78 is 46.8. The van der Waals surface area contributed by atoms with Crippen LogP contribution in [0.5, 0.6) is 5.75 Å². The molecule has 0 saturated heterocycles. The first-order chi connectivity index (χ1) is 11.4. The second kappa shape index (κ2) is 6.51. The van der Waals surface area contributed by atoms with Gasteiger partial charge in [-0.25, -0.2) is 0 Å². The number of aromatic nitrogens is 5. The molecule has 2 heterocycles. The van der Waals surface area contributed by atoms with Crippen LogP contribution in [-0.4, -0.2) is 31.7 Å². The predicted molar refractivity (Wildman–Crippen MR) is 76.6 cm³/mol. The molecule has 24 heavy (non-hydrogen) atoms. The molecule has 1 aromatic carbocycles. The number of tetrazole rings is 1. The smallest absolute Gasteiger partial charge is 0.406 e. The van der Waals surface area contributed by atoms with Crippen LogP contribution < -0.4 is 4.74 Å². The molecule has 0 N–H and O–H groups in total. The van der Waals surface area contributed by atoms with Crippen LogP contribution in [0.1, 0.15) is 11.5 Å². The van der Waals surface area contributed by atoms with Crippen molar-refractivity contribution in [3.8, 4) is 11.4 Å². The predicted octanol–water partition coefficient (Wildman–Crippen LogP) is 3.15. The lowest BCUT2D eigenvalue weighted by molar-refractivity contribution is -0.274. The van der Waals surface area contributed by atoms with E-state index in [0.717, 1.165) is 5.69 Å². The second-order valence-corrected chi connectivity index (χ2v) is 5.58. The van der Waals surface area contributed by atoms with Crippen molar-refractivity contribution in [3.05, 3.63) is 41.8 Å². The highest BCUT2D eigenvalue weighted by Gasteiger charge is 2.31. The minimum Gasteiger partial charge on any atom is -0.406 e. The zero-order chi connectivity index (χ0) is 17.2. The summed E-state index contributed by atoms with van der Waals surface area (Å²) in [6.45, 7) is 1.81. The molecule has 0 spiro atoms. The van der Waals surface area contributed by atoms with Crippen molar-refractivity contribution in [3.63, 3.8) is 0 Å². The molecule has 0 unspecified atom stereocenters. The lowest BCUT2D eigenvalue weighted by atomic mass is 10.3. The summed E-state index contributed by atoms with van der Waals surface area (Å²) in [5.41, 5.74) is 1.27. The minimum atomic E-state index is -4.73. The Balaban J connectivity index is 1.72. The standard InChI is InChI=1S/C13H10F3N5O2S/c1-8-6-11(23-18-8)7-24-12-17-19-20-21(12)9-2-4-10(5-3-9)22-13(14,15)16/h2-6H,7H2,1H3. The molecule has 11 heteroatoms. The average molecular weight is 357 g/mol. The molecular weight excluding hydrogens is 347 g/mol. The van der Waals surface area contributed by atoms with Crippen LogP contribution in [-0.2, 0) is 5.75 Å². The van der Waals surface area contributed by atoms with Crippen LogP contribution in [0.2, 0.25) is 0 Å². The lowest BCUT2D eigenvalue weighted by Gasteiger charge is -2.09. The number of hydrogen-bond acceptors (Lipinski definition) is 7. The number of rotatable bonds is 5. The number of hydrogen-bond donors (Lipinski definition) is 0. The normalized spacial score (nSPS) is 11.7. The third-order valence-corrected chi connectivity index (χ3v) is 3.72. The van der Waals surface area contributed by atoms with Gasteiger partial charge in [0.1, 0.15) is 11.5 Å². The second-order valence-electron chi connectivity index (χ2n) is 4.64. The van der Waals surface area contributed by atoms with Crippen molar-refractivity contribution >= 4 is 11.8 Å². The maximum Gasteiger partial charge on any atom is 0.573 e. The van der Waals surface area contributed by atoms with Crippen molar-refractivity contribution in [2.75, 3.05) is 0 Å². The average Bonchev–Trinajstić information content (AvgIpc) is 3.13. The summed E-state index contributed by atoms with van der Waals surface area (Å²) in [5.74, 6) is 0.822. The van der Waals surface area contributed by atoms with Crippen LogP contribution in [0.4, 0.5) is 13.2 Å². The van der Waals surface area contributed by atoms with Gasteiger partial charge in [0.2, 0.25) is 5.16 Å². The van der Waals surface area contributed by atoms with Gasteiger partial charge in [0.25, 0.3) is 0 Å². The summed E-state index contributed by atoms with van der Waals surface area (Å²) in [4.78, 5) is 0. The highest BCUT2D eigenvalue weighted by molar-refractivity contribution is 7.98. The molecule has 0 fully saturated rings. The first-order valence-corrected chi connectivity index (χ1v) is 7.59. The molecule has 0 saturated carbocycles. The van der Waals surface area contributed by atoms with Crippen LogP contribution in [0.3, 0.4) is 0 Å². The molecule has 3 aromatic rings. The molecule has 0 amide bonds. The van der Waals surface area contributed by atoms with Gasteiger partial charge >= 0.3 is 6.36 Å². The van der Waals surface area contributed by atoms with E-state index in [1.807, 2.05) is 6.92 Å². The zero-order valence-corrected chi connectivity index (χ0v) is 13.0. The van der Waals surface area contributed by atoms with Crippen molar-refractivity contribution < 1.29 is 22.4 Å². The molecule has 0 bridgehead atoms. The Morgan fingerprint density at radius 2 is 2.00 bits per heavy atom. The van der Waals surface area contributed by atoms with Gasteiger partial charge in [0.05, 0.1) is 17.1 Å². The van der Waals surface area contributed by atoms with Gasteiger partial charge in [-0.2, -0.15) is 4.68 Å². The van der Waals surface area contributed by atoms with Crippen LogP contribution in [0.15, 0.2) is 40.0 Å². The van der Waals surface area contributed by atoms with Crippen molar-refractivity contribution in [1.29, 1.82) is 0 Å². The Labute approximate surface area is 137 Å². The minimum absolute atomic E-state index is 0.314. The summed E-state index contributed by atoms with van der Waals surface area (Å²) in [5, 5.41) is 15.6. The quantitative estimate of drug-likeness (QED) is 0.649. The largest absolute Gasteiger partial charge is 0.573 e. The van der Waals surface area contributed by atoms with Crippen molar-refractivity contribution in [2.45, 2.75) is 24.2 Å². The lowest BCUT2D eigenvalue weighted by Crippen LogP contribution is -2.17. The van der Waals surface area contributed by atoms with E-state index in [-0.39, 0.29) is 5.75 Å². The van der Waals surface area contributed by atoms with E-state index in [1.54, 1.807) is 6.07 Å². The van der Waals surface area contributed by atoms with Gasteiger partial charge in [-0.15, -0.1) is 18.3 Å². The van der Waals surface area contributed by atoms with Gasteiger partial charge < -0.3 is 9.26 Å². The fraction of sp³-hybridized carbons (Fsp3) is 0.231. The zero-order valence-electron chi connectivity index (χ0n) is 12.2. The van der Waals surface area contributed by atoms with E-state index >= 15 is 0 Å². The number of halogens is 3. The van der Waals surface area contributed by atoms with Crippen LogP contribution >= 0.6 is 11.8 Å². The molecule has 0 aliphatic carbocycles. The van der Waals surface area contributed by atoms with Gasteiger partial charge in [-0.05, 0) is 41.6 Å². The van der Waals surface area contributed by atoms with E-state index in [2.05, 4.69) is 25.4 Å². The first kappa shape index (κ1) is 16.3. The van der Waals surface area contributed by atoms with Crippen molar-refractivity contribution in [1.82, 2.24) is 25.4 Å². The molecular formula is C13H10F3N5O2S. The SMILES string of the molecule is Cc1cc(CSc2nnnn2-c2ccc(OC(F)(F)F)cc2)on1. The molecule has 0 radical (unpaired) electrons. The number of aryl methyl sites for hydroxylation is 1. The van der Waals surface area contributed by atoms with Gasteiger partial charge in [0.15, 0.2) is 0 Å². The maximum absolute atomic E-state index is 12.2. The van der Waals surface area contributed by atoms with Crippen LogP contribution in [0, 0.1) is 6.92 Å². The van der Waals surface area contributed by atoms with Crippen molar-refractivity contribution in [2.24, 2.45) is 0 Å². The molecule has 7 nitrogen and oxygen atoms in total. The number of benzene rings is 1. The Bertz CT molecular complexity index is 816. The molecule has 0 atom stereocenters. The fourth-order valence-electron chi connectivity index (χ4n) is 1.84. The number of alkyl halides is 3. The summed E-state index contributed by atoms with van der Waals surface area (Å²) >= 11 is 1.31. The van der Waals surface area contributed by atoms with E-state index in [4.69, 9.17) is 4.52 Å². The van der Waals surface area contributed by atoms with E-state index in [9.17, 15) is 13.2 Å². The Morgan fingerprint density at radius 3 is 2.62 bits per heavy atom. The van der Waals surface area contributed by atoms with E-state index in [1.165, 1.54) is 40.7 Å². The molecule has 0 aliphatic heterocycles. The Kier molecular flexibility index (Phi) is 4.42. The van der Waals surface area contributed by atoms with E-state index in [0.29, 0.717) is 22.4 Å². The highest BCUT2D eigenvalue weighted by atomic mass is 32.2. The Morgan fingerprint density at radius 1 is 1.25 bits per heavy atom. The van der Waals surface area contributed by atoms with Gasteiger partial charge in [-0.1, -0.05) is 16.9 Å². The highest BCUT2D eigenvalue weighted by Crippen LogP contribution is 2.26. The summed E-state index contributed by atoms with van der Waals surface area (Å²) in [7, 11) is 0. The first-order valence-electron chi connectivity index (χ1n) is 6.60. The van der Waals surface area contributed by atoms with Gasteiger partial charge in [0, 0.05) is 6.07 Å². The molecule has 0 aliphatic rings. The molecule has 2 aromatic heterocycles. The van der Waals surface area contributed by atoms with E-state index < -0.39 is 6.36 Å². The number of thioether (sulfide) groups is 1. The molecule has 3 rings (SSSR count). The topological polar surface area (TPSA) is 78.9 Å². The third kappa shape index (κ3) is 4.04. The Hall–Kier alpha value is -2.56. The van der Waals surface area contributed by atoms with Crippen LogP contribution in [0.25, 0.3) is 5.69 Å². The number of nitrogens with zero attached hydrogens (tertiary/aromatic N) is 5. The monoisotopic (exact) mass is 357 g/mol. The third-order valence-electron chi connectivity index (χ3n) is 2.78. The van der Waals surface area contributed by atoms with Gasteiger partial charge in [-0.3, -0.25) is 0 Å². The summed E-state index contributed by atoms with van der Waals surface area (Å²) in [6, 6.07) is 7.04. The number of ether oxygens (including phenoxy) is 1.